The SMILES string of the molecule is CC(C)CNC(=O)c1cscc1Br. The first-order valence-electron chi connectivity index (χ1n) is 4.11. The summed E-state index contributed by atoms with van der Waals surface area (Å²) in [5.41, 5.74) is 0.727. The molecule has 1 amide bonds. The summed E-state index contributed by atoms with van der Waals surface area (Å²) in [4.78, 5) is 11.5. The van der Waals surface area contributed by atoms with Crippen LogP contribution in [0.2, 0.25) is 0 Å². The molecule has 0 unspecified atom stereocenters. The molecule has 1 rings (SSSR count). The zero-order valence-corrected chi connectivity index (χ0v) is 10.0. The van der Waals surface area contributed by atoms with Gasteiger partial charge in [0, 0.05) is 21.8 Å². The van der Waals surface area contributed by atoms with Crippen LogP contribution in [0.1, 0.15) is 24.2 Å². The zero-order valence-electron chi connectivity index (χ0n) is 7.63. The number of halogens is 1. The highest BCUT2D eigenvalue weighted by atomic mass is 79.9. The molecule has 0 aliphatic heterocycles. The van der Waals surface area contributed by atoms with Crippen molar-refractivity contribution in [2.45, 2.75) is 13.8 Å². The molecule has 1 heterocycles. The van der Waals surface area contributed by atoms with Crippen LogP contribution in [-0.4, -0.2) is 12.5 Å². The monoisotopic (exact) mass is 261 g/mol. The predicted molar refractivity (Wildman–Crippen MR) is 59.2 cm³/mol. The number of nitrogens with one attached hydrogen (secondary N) is 1. The second-order valence-electron chi connectivity index (χ2n) is 3.24. The molecular formula is C9H12BrNOS. The smallest absolute Gasteiger partial charge is 0.253 e. The Kier molecular flexibility index (Phi) is 3.93. The fourth-order valence-electron chi connectivity index (χ4n) is 0.836. The van der Waals surface area contributed by atoms with Gasteiger partial charge in [-0.3, -0.25) is 4.79 Å². The molecule has 0 bridgehead atoms. The van der Waals surface area contributed by atoms with Crippen LogP contribution in [-0.2, 0) is 0 Å². The van der Waals surface area contributed by atoms with Gasteiger partial charge in [0.25, 0.3) is 5.91 Å². The van der Waals surface area contributed by atoms with E-state index in [1.807, 2.05) is 10.8 Å². The number of thiophene rings is 1. The Bertz CT molecular complexity index is 296. The van der Waals surface area contributed by atoms with E-state index < -0.39 is 0 Å². The molecule has 0 aromatic carbocycles. The highest BCUT2D eigenvalue weighted by molar-refractivity contribution is 9.10. The van der Waals surface area contributed by atoms with Gasteiger partial charge in [0.1, 0.15) is 0 Å². The van der Waals surface area contributed by atoms with Gasteiger partial charge >= 0.3 is 0 Å². The molecule has 0 radical (unpaired) electrons. The molecule has 0 saturated heterocycles. The number of hydrogen-bond donors (Lipinski definition) is 1. The summed E-state index contributed by atoms with van der Waals surface area (Å²) in [6, 6.07) is 0. The second-order valence-corrected chi connectivity index (χ2v) is 4.84. The Hall–Kier alpha value is -0.350. The minimum Gasteiger partial charge on any atom is -0.352 e. The van der Waals surface area contributed by atoms with E-state index in [1.165, 1.54) is 11.3 Å². The molecule has 13 heavy (non-hydrogen) atoms. The Morgan fingerprint density at radius 1 is 1.62 bits per heavy atom. The molecule has 0 aliphatic rings. The average Bonchev–Trinajstić information content (AvgIpc) is 2.47. The van der Waals surface area contributed by atoms with E-state index in [-0.39, 0.29) is 5.91 Å². The van der Waals surface area contributed by atoms with Gasteiger partial charge in [0.15, 0.2) is 0 Å². The lowest BCUT2D eigenvalue weighted by molar-refractivity contribution is 0.0949. The number of amides is 1. The van der Waals surface area contributed by atoms with Gasteiger partial charge in [0.05, 0.1) is 5.56 Å². The fourth-order valence-corrected chi connectivity index (χ4v) is 2.29. The molecule has 0 spiro atoms. The third kappa shape index (κ3) is 3.12. The first-order valence-corrected chi connectivity index (χ1v) is 5.84. The summed E-state index contributed by atoms with van der Waals surface area (Å²) < 4.78 is 0.874. The lowest BCUT2D eigenvalue weighted by Crippen LogP contribution is -2.27. The standard InChI is InChI=1S/C9H12BrNOS/c1-6(2)3-11-9(12)7-4-13-5-8(7)10/h4-6H,3H2,1-2H3,(H,11,12). The van der Waals surface area contributed by atoms with Gasteiger partial charge in [-0.2, -0.15) is 11.3 Å². The van der Waals surface area contributed by atoms with Crippen molar-refractivity contribution < 1.29 is 4.79 Å². The van der Waals surface area contributed by atoms with Crippen LogP contribution < -0.4 is 5.32 Å². The summed E-state index contributed by atoms with van der Waals surface area (Å²) in [5, 5.41) is 6.62. The van der Waals surface area contributed by atoms with Gasteiger partial charge in [-0.1, -0.05) is 13.8 Å². The van der Waals surface area contributed by atoms with Gasteiger partial charge in [-0.15, -0.1) is 0 Å². The summed E-state index contributed by atoms with van der Waals surface area (Å²) >= 11 is 4.84. The maximum Gasteiger partial charge on any atom is 0.253 e. The highest BCUT2D eigenvalue weighted by Gasteiger charge is 2.10. The van der Waals surface area contributed by atoms with E-state index in [4.69, 9.17) is 0 Å². The number of hydrogen-bond acceptors (Lipinski definition) is 2. The zero-order chi connectivity index (χ0) is 9.84. The molecule has 1 aromatic rings. The summed E-state index contributed by atoms with van der Waals surface area (Å²) in [6.45, 7) is 4.87. The average molecular weight is 262 g/mol. The van der Waals surface area contributed by atoms with Crippen LogP contribution in [0.15, 0.2) is 15.2 Å². The van der Waals surface area contributed by atoms with Crippen LogP contribution >= 0.6 is 27.3 Å². The van der Waals surface area contributed by atoms with E-state index in [0.717, 1.165) is 16.6 Å². The molecule has 0 aliphatic carbocycles. The molecule has 0 atom stereocenters. The Labute approximate surface area is 90.5 Å². The van der Waals surface area contributed by atoms with Crippen molar-refractivity contribution in [2.24, 2.45) is 5.92 Å². The molecular weight excluding hydrogens is 250 g/mol. The first kappa shape index (κ1) is 10.7. The second kappa shape index (κ2) is 4.77. The summed E-state index contributed by atoms with van der Waals surface area (Å²) in [6.07, 6.45) is 0. The first-order chi connectivity index (χ1) is 6.11. The molecule has 4 heteroatoms. The van der Waals surface area contributed by atoms with Crippen molar-refractivity contribution in [3.05, 3.63) is 20.8 Å². The van der Waals surface area contributed by atoms with Gasteiger partial charge in [-0.25, -0.2) is 0 Å². The Balaban J connectivity index is 2.54. The van der Waals surface area contributed by atoms with Crippen LogP contribution in [0.25, 0.3) is 0 Å². The van der Waals surface area contributed by atoms with Crippen LogP contribution in [0.5, 0.6) is 0 Å². The predicted octanol–water partition coefficient (Wildman–Crippen LogP) is 2.90. The quantitative estimate of drug-likeness (QED) is 0.891. The summed E-state index contributed by atoms with van der Waals surface area (Å²) in [5.74, 6) is 0.489. The maximum absolute atomic E-state index is 11.5. The maximum atomic E-state index is 11.5. The topological polar surface area (TPSA) is 29.1 Å². The van der Waals surface area contributed by atoms with E-state index in [1.54, 1.807) is 0 Å². The lowest BCUT2D eigenvalue weighted by atomic mass is 10.2. The van der Waals surface area contributed by atoms with Crippen LogP contribution in [0.4, 0.5) is 0 Å². The van der Waals surface area contributed by atoms with Crippen molar-refractivity contribution >= 4 is 33.2 Å². The Morgan fingerprint density at radius 3 is 2.77 bits per heavy atom. The van der Waals surface area contributed by atoms with Crippen molar-refractivity contribution in [2.75, 3.05) is 6.54 Å². The molecule has 0 fully saturated rings. The van der Waals surface area contributed by atoms with Gasteiger partial charge in [0.2, 0.25) is 0 Å². The van der Waals surface area contributed by atoms with Crippen molar-refractivity contribution in [1.29, 1.82) is 0 Å². The number of carbonyl (C=O) groups excluding carboxylic acids is 1. The third-order valence-electron chi connectivity index (χ3n) is 1.53. The van der Waals surface area contributed by atoms with E-state index in [0.29, 0.717) is 5.92 Å². The van der Waals surface area contributed by atoms with Crippen molar-refractivity contribution in [3.8, 4) is 0 Å². The van der Waals surface area contributed by atoms with Crippen molar-refractivity contribution in [1.82, 2.24) is 5.32 Å². The van der Waals surface area contributed by atoms with E-state index >= 15 is 0 Å². The minimum atomic E-state index is 0.00169. The summed E-state index contributed by atoms with van der Waals surface area (Å²) in [7, 11) is 0. The minimum absolute atomic E-state index is 0.00169. The largest absolute Gasteiger partial charge is 0.352 e. The van der Waals surface area contributed by atoms with Crippen LogP contribution in [0, 0.1) is 5.92 Å². The molecule has 2 nitrogen and oxygen atoms in total. The van der Waals surface area contributed by atoms with E-state index in [9.17, 15) is 4.79 Å². The van der Waals surface area contributed by atoms with E-state index in [2.05, 4.69) is 35.1 Å². The molecule has 1 N–H and O–H groups in total. The Morgan fingerprint density at radius 2 is 2.31 bits per heavy atom. The molecule has 0 saturated carbocycles. The lowest BCUT2D eigenvalue weighted by Gasteiger charge is -2.06. The number of carbonyl (C=O) groups is 1. The van der Waals surface area contributed by atoms with Gasteiger partial charge in [-0.05, 0) is 21.8 Å². The third-order valence-corrected chi connectivity index (χ3v) is 3.23. The fraction of sp³-hybridized carbons (Fsp3) is 0.444. The normalized spacial score (nSPS) is 10.5. The van der Waals surface area contributed by atoms with Crippen molar-refractivity contribution in [3.63, 3.8) is 0 Å². The molecule has 1 aromatic heterocycles. The van der Waals surface area contributed by atoms with Gasteiger partial charge < -0.3 is 5.32 Å². The molecule has 72 valence electrons. The van der Waals surface area contributed by atoms with Crippen LogP contribution in [0.3, 0.4) is 0 Å². The number of rotatable bonds is 3. The highest BCUT2D eigenvalue weighted by Crippen LogP contribution is 2.20.